The van der Waals surface area contributed by atoms with Crippen molar-refractivity contribution in [1.29, 1.82) is 0 Å². The molecule has 0 aliphatic heterocycles. The van der Waals surface area contributed by atoms with E-state index in [2.05, 4.69) is 21.7 Å². The van der Waals surface area contributed by atoms with Crippen LogP contribution in [0.1, 0.15) is 32.1 Å². The van der Waals surface area contributed by atoms with Gasteiger partial charge in [0, 0.05) is 12.7 Å². The Morgan fingerprint density at radius 3 is 2.67 bits per heavy atom. The van der Waals surface area contributed by atoms with Crippen molar-refractivity contribution in [3.05, 3.63) is 41.3 Å². The highest BCUT2D eigenvalue weighted by Gasteiger charge is 2.14. The molecule has 0 atom stereocenters. The third-order valence-electron chi connectivity index (χ3n) is 4.16. The number of rotatable bonds is 5. The molecule has 1 fully saturated rings. The van der Waals surface area contributed by atoms with Gasteiger partial charge in [0.2, 0.25) is 0 Å². The van der Waals surface area contributed by atoms with Crippen molar-refractivity contribution in [3.8, 4) is 11.3 Å². The Kier molecular flexibility index (Phi) is 4.88. The fourth-order valence-electron chi connectivity index (χ4n) is 3.01. The van der Waals surface area contributed by atoms with E-state index in [1.165, 1.54) is 37.7 Å². The molecule has 0 radical (unpaired) electrons. The summed E-state index contributed by atoms with van der Waals surface area (Å²) in [6, 6.07) is 10.3. The van der Waals surface area contributed by atoms with E-state index in [1.807, 2.05) is 24.4 Å². The Morgan fingerprint density at radius 1 is 1.14 bits per heavy atom. The molecule has 0 spiro atoms. The summed E-state index contributed by atoms with van der Waals surface area (Å²) < 4.78 is 8.92. The van der Waals surface area contributed by atoms with E-state index in [0.717, 1.165) is 23.6 Å². The van der Waals surface area contributed by atoms with Crippen LogP contribution in [0.3, 0.4) is 0 Å². The zero-order valence-electron chi connectivity index (χ0n) is 12.3. The Labute approximate surface area is 131 Å². The Bertz CT molecular complexity index is 611. The molecule has 1 N–H and O–H groups in total. The largest absolute Gasteiger partial charge is 0.376 e. The molecule has 0 saturated heterocycles. The lowest BCUT2D eigenvalue weighted by molar-refractivity contribution is 0.0241. The van der Waals surface area contributed by atoms with Crippen LogP contribution in [0, 0.1) is 4.77 Å². The molecule has 3 nitrogen and oxygen atoms in total. The number of nitrogens with one attached hydrogen (secondary N) is 1. The Morgan fingerprint density at radius 2 is 1.90 bits per heavy atom. The molecule has 1 aromatic carbocycles. The van der Waals surface area contributed by atoms with Gasteiger partial charge in [-0.15, -0.1) is 0 Å². The average Bonchev–Trinajstić information content (AvgIpc) is 2.91. The number of aromatic nitrogens is 2. The number of nitrogens with zero attached hydrogens (tertiary/aromatic N) is 1. The smallest absolute Gasteiger partial charge is 0.177 e. The number of H-pyrrole nitrogens is 1. The predicted octanol–water partition coefficient (Wildman–Crippen LogP) is 4.56. The van der Waals surface area contributed by atoms with Gasteiger partial charge >= 0.3 is 0 Å². The van der Waals surface area contributed by atoms with E-state index in [-0.39, 0.29) is 0 Å². The number of imidazole rings is 1. The van der Waals surface area contributed by atoms with Crippen molar-refractivity contribution in [2.45, 2.75) is 44.8 Å². The molecule has 0 amide bonds. The van der Waals surface area contributed by atoms with Crippen LogP contribution < -0.4 is 0 Å². The van der Waals surface area contributed by atoms with Crippen molar-refractivity contribution >= 4 is 12.2 Å². The minimum absolute atomic E-state index is 0.451. The van der Waals surface area contributed by atoms with Gasteiger partial charge in [0.15, 0.2) is 4.77 Å². The van der Waals surface area contributed by atoms with Gasteiger partial charge in [-0.05, 0) is 30.6 Å². The maximum Gasteiger partial charge on any atom is 0.177 e. The van der Waals surface area contributed by atoms with E-state index >= 15 is 0 Å². The maximum atomic E-state index is 6.02. The van der Waals surface area contributed by atoms with Gasteiger partial charge < -0.3 is 14.3 Å². The molecular formula is C17H22N2OS. The highest BCUT2D eigenvalue weighted by atomic mass is 32.1. The maximum absolute atomic E-state index is 6.02. The quantitative estimate of drug-likeness (QED) is 0.820. The van der Waals surface area contributed by atoms with Gasteiger partial charge in [-0.1, -0.05) is 49.6 Å². The van der Waals surface area contributed by atoms with Gasteiger partial charge in [-0.3, -0.25) is 0 Å². The number of benzene rings is 1. The lowest BCUT2D eigenvalue weighted by Crippen LogP contribution is -2.19. The highest BCUT2D eigenvalue weighted by Crippen LogP contribution is 2.21. The molecule has 1 aromatic heterocycles. The second-order valence-electron chi connectivity index (χ2n) is 5.63. The van der Waals surface area contributed by atoms with Gasteiger partial charge in [0.25, 0.3) is 0 Å². The van der Waals surface area contributed by atoms with Crippen LogP contribution in [0.2, 0.25) is 0 Å². The van der Waals surface area contributed by atoms with Crippen LogP contribution in [0.4, 0.5) is 0 Å². The van der Waals surface area contributed by atoms with Gasteiger partial charge in [0.1, 0.15) is 0 Å². The van der Waals surface area contributed by atoms with E-state index < -0.39 is 0 Å². The third-order valence-corrected chi connectivity index (χ3v) is 4.50. The summed E-state index contributed by atoms with van der Waals surface area (Å²) in [5, 5.41) is 0. The van der Waals surface area contributed by atoms with Crippen molar-refractivity contribution in [3.63, 3.8) is 0 Å². The first-order valence-electron chi connectivity index (χ1n) is 7.80. The number of hydrogen-bond acceptors (Lipinski definition) is 2. The van der Waals surface area contributed by atoms with Crippen LogP contribution in [-0.4, -0.2) is 22.3 Å². The molecule has 3 rings (SSSR count). The topological polar surface area (TPSA) is 29.9 Å². The normalized spacial score (nSPS) is 16.2. The highest BCUT2D eigenvalue weighted by molar-refractivity contribution is 7.71. The van der Waals surface area contributed by atoms with Crippen LogP contribution in [0.5, 0.6) is 0 Å². The monoisotopic (exact) mass is 302 g/mol. The lowest BCUT2D eigenvalue weighted by Gasteiger charge is -2.22. The van der Waals surface area contributed by atoms with Crippen molar-refractivity contribution in [2.24, 2.45) is 0 Å². The zero-order chi connectivity index (χ0) is 14.5. The van der Waals surface area contributed by atoms with Crippen LogP contribution in [0.15, 0.2) is 36.5 Å². The first-order valence-corrected chi connectivity index (χ1v) is 8.20. The van der Waals surface area contributed by atoms with Gasteiger partial charge in [-0.25, -0.2) is 0 Å². The molecule has 0 unspecified atom stereocenters. The second kappa shape index (κ2) is 7.05. The van der Waals surface area contributed by atoms with Crippen LogP contribution in [0.25, 0.3) is 11.3 Å². The molecule has 1 heterocycles. The fourth-order valence-corrected chi connectivity index (χ4v) is 3.26. The fraction of sp³-hybridized carbons (Fsp3) is 0.471. The predicted molar refractivity (Wildman–Crippen MR) is 87.9 cm³/mol. The van der Waals surface area contributed by atoms with E-state index in [0.29, 0.717) is 6.10 Å². The number of ether oxygens (including phenoxy) is 1. The minimum Gasteiger partial charge on any atom is -0.376 e. The first kappa shape index (κ1) is 14.5. The lowest BCUT2D eigenvalue weighted by atomic mass is 9.98. The van der Waals surface area contributed by atoms with E-state index in [1.54, 1.807) is 0 Å². The van der Waals surface area contributed by atoms with Crippen molar-refractivity contribution < 1.29 is 4.74 Å². The van der Waals surface area contributed by atoms with Crippen molar-refractivity contribution in [2.75, 3.05) is 6.61 Å². The molecule has 1 aliphatic rings. The Hall–Kier alpha value is -1.39. The number of aromatic amines is 1. The van der Waals surface area contributed by atoms with Gasteiger partial charge in [0.05, 0.1) is 18.4 Å². The molecule has 112 valence electrons. The first-order chi connectivity index (χ1) is 10.3. The molecule has 21 heavy (non-hydrogen) atoms. The molecule has 1 aliphatic carbocycles. The molecule has 4 heteroatoms. The third kappa shape index (κ3) is 3.63. The summed E-state index contributed by atoms with van der Waals surface area (Å²) >= 11 is 5.39. The summed E-state index contributed by atoms with van der Waals surface area (Å²) in [6.07, 6.45) is 8.84. The minimum atomic E-state index is 0.451. The van der Waals surface area contributed by atoms with Crippen molar-refractivity contribution in [1.82, 2.24) is 9.55 Å². The Balaban J connectivity index is 1.65. The SMILES string of the molecule is S=c1[nH]cc(-c2ccccc2)n1CCOC1CCCCC1. The molecular weight excluding hydrogens is 280 g/mol. The average molecular weight is 302 g/mol. The zero-order valence-corrected chi connectivity index (χ0v) is 13.1. The summed E-state index contributed by atoms with van der Waals surface area (Å²) in [7, 11) is 0. The van der Waals surface area contributed by atoms with E-state index in [4.69, 9.17) is 17.0 Å². The van der Waals surface area contributed by atoms with Crippen LogP contribution in [-0.2, 0) is 11.3 Å². The summed E-state index contributed by atoms with van der Waals surface area (Å²) in [6.45, 7) is 1.54. The standard InChI is InChI=1S/C17H22N2OS/c21-17-18-13-16(14-7-3-1-4-8-14)19(17)11-12-20-15-9-5-2-6-10-15/h1,3-4,7-8,13,15H,2,5-6,9-12H2,(H,18,21). The second-order valence-corrected chi connectivity index (χ2v) is 6.01. The summed E-state index contributed by atoms with van der Waals surface area (Å²) in [5.41, 5.74) is 2.32. The molecule has 2 aromatic rings. The molecule has 0 bridgehead atoms. The van der Waals surface area contributed by atoms with Gasteiger partial charge in [-0.2, -0.15) is 0 Å². The van der Waals surface area contributed by atoms with Crippen LogP contribution >= 0.6 is 12.2 Å². The summed E-state index contributed by atoms with van der Waals surface area (Å²) in [5.74, 6) is 0. The summed E-state index contributed by atoms with van der Waals surface area (Å²) in [4.78, 5) is 3.15. The van der Waals surface area contributed by atoms with E-state index in [9.17, 15) is 0 Å². The number of hydrogen-bond donors (Lipinski definition) is 1. The molecule has 1 saturated carbocycles.